The molecule has 2 aliphatic carbocycles. The molecule has 1 N–H and O–H groups in total. The van der Waals surface area contributed by atoms with Gasteiger partial charge in [0.15, 0.2) is 0 Å². The van der Waals surface area contributed by atoms with Crippen molar-refractivity contribution >= 4 is 9.47 Å². The Morgan fingerprint density at radius 3 is 2.77 bits per heavy atom. The zero-order chi connectivity index (χ0) is 16.4. The summed E-state index contributed by atoms with van der Waals surface area (Å²) < 4.78 is 5.45. The highest BCUT2D eigenvalue weighted by Gasteiger charge is 2.53. The number of aliphatic hydroxyl groups is 1. The molecule has 0 radical (unpaired) electrons. The van der Waals surface area contributed by atoms with Crippen molar-refractivity contribution in [1.82, 2.24) is 0 Å². The molecule has 0 saturated heterocycles. The lowest BCUT2D eigenvalue weighted by molar-refractivity contribution is -0.0102. The van der Waals surface area contributed by atoms with Gasteiger partial charge in [0.25, 0.3) is 0 Å². The largest absolute Gasteiger partial charge is 0.393 e. The summed E-state index contributed by atoms with van der Waals surface area (Å²) >= 11 is 0. The average molecular weight is 326 g/mol. The van der Waals surface area contributed by atoms with E-state index in [0.29, 0.717) is 17.8 Å². The Hall–Kier alpha value is 0.0900. The van der Waals surface area contributed by atoms with Crippen LogP contribution in [0.2, 0.25) is 0 Å². The fourth-order valence-electron chi connectivity index (χ4n) is 5.24. The van der Waals surface area contributed by atoms with E-state index >= 15 is 0 Å². The maximum Gasteiger partial charge on any atom is 0.0662 e. The van der Waals surface area contributed by atoms with Crippen molar-refractivity contribution < 1.29 is 9.63 Å². The van der Waals surface area contributed by atoms with Crippen molar-refractivity contribution in [3.63, 3.8) is 0 Å². The summed E-state index contributed by atoms with van der Waals surface area (Å²) in [6.45, 7) is 10.9. The van der Waals surface area contributed by atoms with E-state index in [1.807, 2.05) is 0 Å². The maximum absolute atomic E-state index is 10.4. The predicted molar refractivity (Wildman–Crippen MR) is 96.6 cm³/mol. The van der Waals surface area contributed by atoms with Gasteiger partial charge in [0.2, 0.25) is 0 Å². The average Bonchev–Trinajstić information content (AvgIpc) is 2.88. The molecule has 0 bridgehead atoms. The highest BCUT2D eigenvalue weighted by Crippen LogP contribution is 2.59. The molecule has 0 amide bonds. The normalized spacial score (nSPS) is 36.9. The zero-order valence-electron chi connectivity index (χ0n) is 14.7. The van der Waals surface area contributed by atoms with E-state index in [0.717, 1.165) is 19.3 Å². The van der Waals surface area contributed by atoms with Crippen LogP contribution in [0.1, 0.15) is 72.1 Å². The van der Waals surface area contributed by atoms with Crippen LogP contribution in [0, 0.1) is 23.2 Å². The highest BCUT2D eigenvalue weighted by atomic mass is 31.0. The number of rotatable bonds is 7. The Morgan fingerprint density at radius 2 is 2.14 bits per heavy atom. The molecule has 22 heavy (non-hydrogen) atoms. The summed E-state index contributed by atoms with van der Waals surface area (Å²) in [5.41, 5.74) is 0.156. The van der Waals surface area contributed by atoms with Crippen molar-refractivity contribution in [2.45, 2.75) is 83.8 Å². The lowest BCUT2D eigenvalue weighted by Crippen LogP contribution is -2.42. The van der Waals surface area contributed by atoms with Gasteiger partial charge in [-0.25, -0.2) is 0 Å². The fourth-order valence-corrected chi connectivity index (χ4v) is 5.36. The van der Waals surface area contributed by atoms with Crippen LogP contribution in [0.15, 0.2) is 12.7 Å². The lowest BCUT2D eigenvalue weighted by Gasteiger charge is -2.46. The first-order valence-electron chi connectivity index (χ1n) is 9.06. The van der Waals surface area contributed by atoms with Crippen LogP contribution in [0.5, 0.6) is 0 Å². The maximum atomic E-state index is 10.4. The lowest BCUT2D eigenvalue weighted by atomic mass is 9.60. The van der Waals surface area contributed by atoms with Crippen LogP contribution in [0.3, 0.4) is 0 Å². The number of hydrogen-bond acceptors (Lipinski definition) is 2. The van der Waals surface area contributed by atoms with Crippen molar-refractivity contribution in [3.05, 3.63) is 12.7 Å². The second kappa shape index (κ2) is 7.32. The second-order valence-corrected chi connectivity index (χ2v) is 8.55. The predicted octanol–water partition coefficient (Wildman–Crippen LogP) is 5.12. The molecule has 0 aromatic carbocycles. The van der Waals surface area contributed by atoms with Crippen LogP contribution >= 0.6 is 9.47 Å². The molecular formula is C19H35O2P. The van der Waals surface area contributed by atoms with Crippen LogP contribution in [-0.4, -0.2) is 16.8 Å². The van der Waals surface area contributed by atoms with Gasteiger partial charge >= 0.3 is 0 Å². The van der Waals surface area contributed by atoms with E-state index in [1.54, 1.807) is 0 Å². The second-order valence-electron chi connectivity index (χ2n) is 8.31. The molecule has 0 aliphatic heterocycles. The number of allylic oxidation sites excluding steroid dienone is 1. The minimum Gasteiger partial charge on any atom is -0.393 e. The van der Waals surface area contributed by atoms with E-state index in [4.69, 9.17) is 4.52 Å². The van der Waals surface area contributed by atoms with E-state index < -0.39 is 0 Å². The number of aliphatic hydroxyl groups excluding tert-OH is 1. The minimum atomic E-state index is -0.103. The molecule has 2 rings (SSSR count). The number of hydrogen-bond donors (Lipinski definition) is 1. The van der Waals surface area contributed by atoms with Crippen molar-refractivity contribution in [3.8, 4) is 0 Å². The van der Waals surface area contributed by atoms with E-state index in [9.17, 15) is 5.11 Å². The molecule has 0 aromatic rings. The van der Waals surface area contributed by atoms with Gasteiger partial charge in [-0.05, 0) is 75.5 Å². The van der Waals surface area contributed by atoms with Crippen LogP contribution in [0.25, 0.3) is 0 Å². The molecule has 2 aliphatic rings. The van der Waals surface area contributed by atoms with Gasteiger partial charge in [-0.15, -0.1) is 6.58 Å². The quantitative estimate of drug-likeness (QED) is 0.519. The molecule has 3 heteroatoms. The molecule has 2 nitrogen and oxygen atoms in total. The smallest absolute Gasteiger partial charge is 0.0662 e. The van der Waals surface area contributed by atoms with Gasteiger partial charge in [-0.2, -0.15) is 0 Å². The standard InChI is InChI=1S/C19H35O2P/c1-5-19-13-7-9-17(20)16(19)11-10-15(19)14(2)8-6-12-18(3,4)21-22/h5,14-17,20H,1,6-13,22H2,2-4H3/t14-,15-,16?,17?,19-/m1/s1. The van der Waals surface area contributed by atoms with Gasteiger partial charge in [0.1, 0.15) is 0 Å². The Bertz CT molecular complexity index is 382. The Kier molecular flexibility index (Phi) is 6.14. The monoisotopic (exact) mass is 326 g/mol. The third-order valence-electron chi connectivity index (χ3n) is 6.57. The molecule has 0 heterocycles. The summed E-state index contributed by atoms with van der Waals surface area (Å²) in [5, 5.41) is 10.4. The van der Waals surface area contributed by atoms with Gasteiger partial charge in [0, 0.05) is 9.47 Å². The molecule has 3 unspecified atom stereocenters. The molecule has 128 valence electrons. The molecular weight excluding hydrogens is 291 g/mol. The summed E-state index contributed by atoms with van der Waals surface area (Å²) in [4.78, 5) is 0. The molecule has 2 fully saturated rings. The summed E-state index contributed by atoms with van der Waals surface area (Å²) in [6.07, 6.45) is 11.5. The summed E-state index contributed by atoms with van der Waals surface area (Å²) in [6, 6.07) is 0. The van der Waals surface area contributed by atoms with Crippen LogP contribution in [-0.2, 0) is 4.52 Å². The van der Waals surface area contributed by atoms with Gasteiger partial charge in [0.05, 0.1) is 11.7 Å². The third kappa shape index (κ3) is 3.60. The van der Waals surface area contributed by atoms with Crippen molar-refractivity contribution in [1.29, 1.82) is 0 Å². The first kappa shape index (κ1) is 18.4. The highest BCUT2D eigenvalue weighted by molar-refractivity contribution is 7.09. The Balaban J connectivity index is 1.97. The third-order valence-corrected chi connectivity index (χ3v) is 7.21. The van der Waals surface area contributed by atoms with Crippen molar-refractivity contribution in [2.75, 3.05) is 0 Å². The fraction of sp³-hybridized carbons (Fsp3) is 0.895. The Morgan fingerprint density at radius 1 is 1.41 bits per heavy atom. The molecule has 0 spiro atoms. The first-order valence-corrected chi connectivity index (χ1v) is 9.53. The molecule has 2 saturated carbocycles. The zero-order valence-corrected chi connectivity index (χ0v) is 15.8. The van der Waals surface area contributed by atoms with Gasteiger partial charge in [-0.3, -0.25) is 0 Å². The summed E-state index contributed by atoms with van der Waals surface area (Å²) in [5.74, 6) is 1.86. The minimum absolute atomic E-state index is 0.0419. The first-order chi connectivity index (χ1) is 10.4. The topological polar surface area (TPSA) is 29.5 Å². The van der Waals surface area contributed by atoms with Crippen LogP contribution in [0.4, 0.5) is 0 Å². The van der Waals surface area contributed by atoms with Crippen LogP contribution < -0.4 is 0 Å². The number of fused-ring (bicyclic) bond motifs is 1. The van der Waals surface area contributed by atoms with Gasteiger partial charge in [-0.1, -0.05) is 25.8 Å². The van der Waals surface area contributed by atoms with E-state index in [1.165, 1.54) is 32.1 Å². The SMILES string of the molecule is C=C[C@]12CCCC(O)C1CC[C@@H]2[C@H](C)CCCC(C)(C)OP. The van der Waals surface area contributed by atoms with Gasteiger partial charge < -0.3 is 9.63 Å². The van der Waals surface area contributed by atoms with E-state index in [-0.39, 0.29) is 17.1 Å². The summed E-state index contributed by atoms with van der Waals surface area (Å²) in [7, 11) is 2.40. The molecule has 0 aromatic heterocycles. The molecule has 6 atom stereocenters. The Labute approximate surface area is 139 Å². The van der Waals surface area contributed by atoms with Crippen molar-refractivity contribution in [2.24, 2.45) is 23.2 Å². The van der Waals surface area contributed by atoms with E-state index in [2.05, 4.69) is 42.9 Å².